The fraction of sp³-hybridized carbons (Fsp3) is 0.250. The molecule has 2 aromatic carbocycles. The van der Waals surface area contributed by atoms with Crippen molar-refractivity contribution in [2.24, 2.45) is 0 Å². The van der Waals surface area contributed by atoms with Crippen LogP contribution in [0.2, 0.25) is 0 Å². The van der Waals surface area contributed by atoms with Crippen molar-refractivity contribution in [3.63, 3.8) is 0 Å². The van der Waals surface area contributed by atoms with E-state index in [1.165, 1.54) is 23.3 Å². The summed E-state index contributed by atoms with van der Waals surface area (Å²) >= 11 is 0. The van der Waals surface area contributed by atoms with Crippen LogP contribution in [0.1, 0.15) is 30.9 Å². The Bertz CT molecular complexity index is 571. The molecule has 0 amide bonds. The van der Waals surface area contributed by atoms with Crippen LogP contribution in [0.5, 0.6) is 0 Å². The second-order valence-electron chi connectivity index (χ2n) is 4.85. The first-order valence-electron chi connectivity index (χ1n) is 6.05. The fourth-order valence-corrected chi connectivity index (χ4v) is 2.12. The van der Waals surface area contributed by atoms with E-state index in [1.807, 2.05) is 18.2 Å². The van der Waals surface area contributed by atoms with Gasteiger partial charge in [-0.1, -0.05) is 38.1 Å². The maximum absolute atomic E-state index is 13.2. The molecule has 94 valence electrons. The van der Waals surface area contributed by atoms with Crippen LogP contribution in [0.3, 0.4) is 0 Å². The van der Waals surface area contributed by atoms with Gasteiger partial charge in [0.25, 0.3) is 0 Å². The highest BCUT2D eigenvalue weighted by Gasteiger charge is 2.08. The zero-order valence-electron chi connectivity index (χ0n) is 10.8. The van der Waals surface area contributed by atoms with Crippen molar-refractivity contribution in [3.8, 4) is 11.1 Å². The number of aryl methyl sites for hydroxylation is 1. The third-order valence-electron chi connectivity index (χ3n) is 3.15. The molecule has 0 N–H and O–H groups in total. The van der Waals surface area contributed by atoms with Gasteiger partial charge in [0.1, 0.15) is 0 Å². The number of rotatable bonds is 2. The van der Waals surface area contributed by atoms with Gasteiger partial charge in [0.2, 0.25) is 0 Å². The highest BCUT2D eigenvalue weighted by molar-refractivity contribution is 5.65. The second kappa shape index (κ2) is 4.89. The van der Waals surface area contributed by atoms with E-state index in [9.17, 15) is 8.78 Å². The minimum absolute atomic E-state index is 0.412. The summed E-state index contributed by atoms with van der Waals surface area (Å²) < 4.78 is 26.1. The smallest absolute Gasteiger partial charge is 0.159 e. The van der Waals surface area contributed by atoms with Gasteiger partial charge in [0, 0.05) is 0 Å². The Hall–Kier alpha value is -1.70. The molecule has 0 nitrogen and oxygen atoms in total. The van der Waals surface area contributed by atoms with Gasteiger partial charge in [-0.2, -0.15) is 0 Å². The summed E-state index contributed by atoms with van der Waals surface area (Å²) in [5, 5.41) is 0. The maximum Gasteiger partial charge on any atom is 0.159 e. The zero-order chi connectivity index (χ0) is 13.3. The Kier molecular flexibility index (Phi) is 3.46. The lowest BCUT2D eigenvalue weighted by molar-refractivity contribution is 0.509. The first-order valence-corrected chi connectivity index (χ1v) is 6.05. The average molecular weight is 246 g/mol. The summed E-state index contributed by atoms with van der Waals surface area (Å²) in [5.74, 6) is -1.20. The molecule has 0 radical (unpaired) electrons. The molecule has 0 saturated carbocycles. The molecule has 2 aromatic rings. The predicted molar refractivity (Wildman–Crippen MR) is 70.6 cm³/mol. The second-order valence-corrected chi connectivity index (χ2v) is 4.85. The molecule has 0 atom stereocenters. The van der Waals surface area contributed by atoms with Gasteiger partial charge in [-0.15, -0.1) is 0 Å². The van der Waals surface area contributed by atoms with E-state index in [4.69, 9.17) is 0 Å². The van der Waals surface area contributed by atoms with Gasteiger partial charge in [-0.25, -0.2) is 8.78 Å². The Morgan fingerprint density at radius 1 is 0.833 bits per heavy atom. The molecular formula is C16H16F2. The monoisotopic (exact) mass is 246 g/mol. The minimum Gasteiger partial charge on any atom is -0.204 e. The predicted octanol–water partition coefficient (Wildman–Crippen LogP) is 5.06. The largest absolute Gasteiger partial charge is 0.204 e. The van der Waals surface area contributed by atoms with Crippen LogP contribution in [0.4, 0.5) is 8.78 Å². The molecule has 2 heteroatoms. The summed E-state index contributed by atoms with van der Waals surface area (Å²) in [7, 11) is 0. The van der Waals surface area contributed by atoms with Crippen LogP contribution in [0, 0.1) is 18.6 Å². The van der Waals surface area contributed by atoms with E-state index >= 15 is 0 Å². The van der Waals surface area contributed by atoms with Gasteiger partial charge in [0.15, 0.2) is 11.6 Å². The van der Waals surface area contributed by atoms with Crippen molar-refractivity contribution >= 4 is 0 Å². The van der Waals surface area contributed by atoms with Crippen molar-refractivity contribution in [2.75, 3.05) is 0 Å². The summed E-state index contributed by atoms with van der Waals surface area (Å²) in [5.41, 5.74) is 4.08. The molecule has 0 heterocycles. The lowest BCUT2D eigenvalue weighted by Gasteiger charge is -2.12. The standard InChI is InChI=1S/C16H16F2/c1-10(2)14-8-12(5-4-11(14)3)13-6-7-15(17)16(18)9-13/h4-10H,1-3H3. The molecule has 0 fully saturated rings. The molecule has 0 aliphatic heterocycles. The van der Waals surface area contributed by atoms with Crippen molar-refractivity contribution < 1.29 is 8.78 Å². The maximum atomic E-state index is 13.2. The van der Waals surface area contributed by atoms with E-state index in [-0.39, 0.29) is 0 Å². The minimum atomic E-state index is -0.810. The van der Waals surface area contributed by atoms with E-state index in [0.717, 1.165) is 5.56 Å². The van der Waals surface area contributed by atoms with Crippen LogP contribution in [0.15, 0.2) is 36.4 Å². The van der Waals surface area contributed by atoms with Crippen molar-refractivity contribution in [2.45, 2.75) is 26.7 Å². The molecule has 0 saturated heterocycles. The van der Waals surface area contributed by atoms with Gasteiger partial charge in [-0.3, -0.25) is 0 Å². The number of benzene rings is 2. The first kappa shape index (κ1) is 12.7. The first-order chi connectivity index (χ1) is 8.49. The van der Waals surface area contributed by atoms with Gasteiger partial charge < -0.3 is 0 Å². The molecule has 0 unspecified atom stereocenters. The quantitative estimate of drug-likeness (QED) is 0.694. The summed E-state index contributed by atoms with van der Waals surface area (Å²) in [6.07, 6.45) is 0. The molecule has 18 heavy (non-hydrogen) atoms. The summed E-state index contributed by atoms with van der Waals surface area (Å²) in [4.78, 5) is 0. The number of hydrogen-bond donors (Lipinski definition) is 0. The van der Waals surface area contributed by atoms with Crippen LogP contribution in [-0.2, 0) is 0 Å². The average Bonchev–Trinajstić information content (AvgIpc) is 2.33. The zero-order valence-corrected chi connectivity index (χ0v) is 10.8. The molecule has 0 aromatic heterocycles. The van der Waals surface area contributed by atoms with Crippen LogP contribution < -0.4 is 0 Å². The van der Waals surface area contributed by atoms with Gasteiger partial charge in [-0.05, 0) is 47.2 Å². The summed E-state index contributed by atoms with van der Waals surface area (Å²) in [6, 6.07) is 10.0. The molecule has 0 aliphatic carbocycles. The molecule has 2 rings (SSSR count). The summed E-state index contributed by atoms with van der Waals surface area (Å²) in [6.45, 7) is 6.30. The molecule has 0 bridgehead atoms. The highest BCUT2D eigenvalue weighted by Crippen LogP contribution is 2.27. The molecule has 0 aliphatic rings. The number of halogens is 2. The SMILES string of the molecule is Cc1ccc(-c2ccc(F)c(F)c2)cc1C(C)C. The van der Waals surface area contributed by atoms with Gasteiger partial charge in [0.05, 0.1) is 0 Å². The normalized spacial score (nSPS) is 11.0. The van der Waals surface area contributed by atoms with Gasteiger partial charge >= 0.3 is 0 Å². The molecular weight excluding hydrogens is 230 g/mol. The third-order valence-corrected chi connectivity index (χ3v) is 3.15. The number of hydrogen-bond acceptors (Lipinski definition) is 0. The van der Waals surface area contributed by atoms with E-state index < -0.39 is 11.6 Å². The van der Waals surface area contributed by atoms with Crippen LogP contribution in [0.25, 0.3) is 11.1 Å². The Morgan fingerprint density at radius 3 is 2.06 bits per heavy atom. The van der Waals surface area contributed by atoms with Crippen molar-refractivity contribution in [3.05, 3.63) is 59.2 Å². The van der Waals surface area contributed by atoms with E-state index in [1.54, 1.807) is 6.07 Å². The van der Waals surface area contributed by atoms with Crippen molar-refractivity contribution in [1.29, 1.82) is 0 Å². The lowest BCUT2D eigenvalue weighted by Crippen LogP contribution is -1.93. The Labute approximate surface area is 106 Å². The van der Waals surface area contributed by atoms with E-state index in [2.05, 4.69) is 20.8 Å². The van der Waals surface area contributed by atoms with Crippen LogP contribution in [-0.4, -0.2) is 0 Å². The van der Waals surface area contributed by atoms with E-state index in [0.29, 0.717) is 11.5 Å². The third kappa shape index (κ3) is 2.42. The lowest BCUT2D eigenvalue weighted by atomic mass is 9.93. The topological polar surface area (TPSA) is 0 Å². The highest BCUT2D eigenvalue weighted by atomic mass is 19.2. The Morgan fingerprint density at radius 2 is 1.44 bits per heavy atom. The van der Waals surface area contributed by atoms with Crippen molar-refractivity contribution in [1.82, 2.24) is 0 Å². The molecule has 0 spiro atoms. The fourth-order valence-electron chi connectivity index (χ4n) is 2.12. The van der Waals surface area contributed by atoms with Crippen LogP contribution >= 0.6 is 0 Å². The Balaban J connectivity index is 2.50.